The van der Waals surface area contributed by atoms with Crippen molar-refractivity contribution in [3.63, 3.8) is 0 Å². The number of likely N-dealkylation sites (tertiary alicyclic amines) is 1. The second-order valence-electron chi connectivity index (χ2n) is 6.46. The summed E-state index contributed by atoms with van der Waals surface area (Å²) in [4.78, 5) is 6.92. The first-order chi connectivity index (χ1) is 11.0. The Kier molecular flexibility index (Phi) is 9.04. The molecule has 0 atom stereocenters. The van der Waals surface area contributed by atoms with Gasteiger partial charge in [-0.3, -0.25) is 9.67 Å². The van der Waals surface area contributed by atoms with Crippen molar-refractivity contribution in [1.82, 2.24) is 25.3 Å². The number of hydrogen-bond acceptors (Lipinski definition) is 3. The molecule has 0 bridgehead atoms. The lowest BCUT2D eigenvalue weighted by Crippen LogP contribution is -2.48. The molecule has 1 saturated heterocycles. The van der Waals surface area contributed by atoms with Crippen LogP contribution in [0.15, 0.2) is 4.99 Å². The van der Waals surface area contributed by atoms with Gasteiger partial charge in [0.05, 0.1) is 5.69 Å². The van der Waals surface area contributed by atoms with Crippen molar-refractivity contribution in [2.45, 2.75) is 52.6 Å². The molecular formula is C17H33IN6. The molecule has 0 saturated carbocycles. The molecule has 1 fully saturated rings. The summed E-state index contributed by atoms with van der Waals surface area (Å²) >= 11 is 0. The molecule has 0 unspecified atom stereocenters. The molecule has 2 heterocycles. The van der Waals surface area contributed by atoms with E-state index in [1.807, 2.05) is 18.8 Å². The minimum Gasteiger partial charge on any atom is -0.354 e. The summed E-state index contributed by atoms with van der Waals surface area (Å²) in [6.07, 6.45) is 3.61. The van der Waals surface area contributed by atoms with Gasteiger partial charge in [0, 0.05) is 51.0 Å². The van der Waals surface area contributed by atoms with Crippen LogP contribution in [-0.2, 0) is 13.6 Å². The van der Waals surface area contributed by atoms with E-state index in [1.165, 1.54) is 50.2 Å². The third-order valence-corrected chi connectivity index (χ3v) is 4.78. The average Bonchev–Trinajstić information content (AvgIpc) is 2.78. The molecule has 1 aromatic rings. The summed E-state index contributed by atoms with van der Waals surface area (Å²) in [5.74, 6) is 0.890. The van der Waals surface area contributed by atoms with E-state index in [0.717, 1.165) is 18.2 Å². The Morgan fingerprint density at radius 3 is 2.46 bits per heavy atom. The van der Waals surface area contributed by atoms with Crippen molar-refractivity contribution in [3.05, 3.63) is 17.0 Å². The summed E-state index contributed by atoms with van der Waals surface area (Å²) in [5.41, 5.74) is 3.55. The molecule has 138 valence electrons. The first-order valence-electron chi connectivity index (χ1n) is 8.73. The Labute approximate surface area is 163 Å². The van der Waals surface area contributed by atoms with Gasteiger partial charge in [0.25, 0.3) is 0 Å². The van der Waals surface area contributed by atoms with Gasteiger partial charge >= 0.3 is 0 Å². The number of piperidine rings is 1. The van der Waals surface area contributed by atoms with Crippen LogP contribution in [0.1, 0.15) is 43.1 Å². The molecule has 1 aromatic heterocycles. The maximum absolute atomic E-state index is 4.47. The molecule has 6 nitrogen and oxygen atoms in total. The Hall–Kier alpha value is -0.830. The fourth-order valence-electron chi connectivity index (χ4n) is 3.25. The highest BCUT2D eigenvalue weighted by atomic mass is 127. The van der Waals surface area contributed by atoms with Crippen molar-refractivity contribution >= 4 is 29.9 Å². The maximum atomic E-state index is 4.47. The van der Waals surface area contributed by atoms with Crippen molar-refractivity contribution < 1.29 is 0 Å². The number of nitrogens with zero attached hydrogens (tertiary/aromatic N) is 4. The quantitative estimate of drug-likeness (QED) is 0.412. The smallest absolute Gasteiger partial charge is 0.191 e. The van der Waals surface area contributed by atoms with Gasteiger partial charge < -0.3 is 15.5 Å². The van der Waals surface area contributed by atoms with Crippen LogP contribution in [0.25, 0.3) is 0 Å². The Bertz CT molecular complexity index is 531. The van der Waals surface area contributed by atoms with Crippen LogP contribution in [0.3, 0.4) is 0 Å². The van der Waals surface area contributed by atoms with Crippen LogP contribution >= 0.6 is 24.0 Å². The predicted octanol–water partition coefficient (Wildman–Crippen LogP) is 2.19. The van der Waals surface area contributed by atoms with E-state index in [2.05, 4.69) is 46.4 Å². The third kappa shape index (κ3) is 5.61. The van der Waals surface area contributed by atoms with Crippen molar-refractivity contribution in [2.24, 2.45) is 12.0 Å². The van der Waals surface area contributed by atoms with Gasteiger partial charge in [-0.1, -0.05) is 6.92 Å². The Morgan fingerprint density at radius 1 is 1.29 bits per heavy atom. The van der Waals surface area contributed by atoms with Gasteiger partial charge in [-0.15, -0.1) is 24.0 Å². The van der Waals surface area contributed by atoms with E-state index in [-0.39, 0.29) is 24.0 Å². The summed E-state index contributed by atoms with van der Waals surface area (Å²) < 4.78 is 1.94. The Morgan fingerprint density at radius 2 is 1.96 bits per heavy atom. The standard InChI is InChI=1S/C17H32N6.HI/c1-6-9-23-10-7-15(8-11-23)20-17(18-4)19-12-16-13(2)21-22(5)14(16)3;/h15H,6-12H2,1-5H3,(H2,18,19,20);1H. The number of aromatic nitrogens is 2. The molecule has 0 spiro atoms. The van der Waals surface area contributed by atoms with Gasteiger partial charge in [0.15, 0.2) is 5.96 Å². The van der Waals surface area contributed by atoms with Crippen LogP contribution in [-0.4, -0.2) is 53.4 Å². The normalized spacial score (nSPS) is 16.8. The highest BCUT2D eigenvalue weighted by molar-refractivity contribution is 14.0. The lowest BCUT2D eigenvalue weighted by Gasteiger charge is -2.32. The van der Waals surface area contributed by atoms with E-state index >= 15 is 0 Å². The summed E-state index contributed by atoms with van der Waals surface area (Å²) in [6, 6.07) is 0.519. The SMILES string of the molecule is CCCN1CCC(NC(=NC)NCc2c(C)nn(C)c2C)CC1.I. The first-order valence-corrected chi connectivity index (χ1v) is 8.73. The van der Waals surface area contributed by atoms with Crippen LogP contribution in [0, 0.1) is 13.8 Å². The van der Waals surface area contributed by atoms with E-state index in [1.54, 1.807) is 0 Å². The monoisotopic (exact) mass is 448 g/mol. The summed E-state index contributed by atoms with van der Waals surface area (Å²) in [5, 5.41) is 11.5. The molecule has 0 aliphatic carbocycles. The van der Waals surface area contributed by atoms with Crippen LogP contribution in [0.2, 0.25) is 0 Å². The molecule has 7 heteroatoms. The lowest BCUT2D eigenvalue weighted by atomic mass is 10.1. The molecule has 0 radical (unpaired) electrons. The van der Waals surface area contributed by atoms with Crippen molar-refractivity contribution in [1.29, 1.82) is 0 Å². The summed E-state index contributed by atoms with van der Waals surface area (Å²) in [7, 11) is 3.83. The minimum atomic E-state index is 0. The second-order valence-corrected chi connectivity index (χ2v) is 6.46. The van der Waals surface area contributed by atoms with Crippen LogP contribution < -0.4 is 10.6 Å². The fraction of sp³-hybridized carbons (Fsp3) is 0.765. The van der Waals surface area contributed by atoms with Gasteiger partial charge in [-0.25, -0.2) is 0 Å². The van der Waals surface area contributed by atoms with E-state index < -0.39 is 0 Å². The zero-order valence-electron chi connectivity index (χ0n) is 15.7. The van der Waals surface area contributed by atoms with Gasteiger partial charge in [0.1, 0.15) is 0 Å². The largest absolute Gasteiger partial charge is 0.354 e. The van der Waals surface area contributed by atoms with Gasteiger partial charge in [-0.05, 0) is 39.7 Å². The summed E-state index contributed by atoms with van der Waals surface area (Å²) in [6.45, 7) is 10.8. The topological polar surface area (TPSA) is 57.5 Å². The molecule has 24 heavy (non-hydrogen) atoms. The van der Waals surface area contributed by atoms with Crippen molar-refractivity contribution in [2.75, 3.05) is 26.7 Å². The highest BCUT2D eigenvalue weighted by Gasteiger charge is 2.19. The van der Waals surface area contributed by atoms with E-state index in [0.29, 0.717) is 6.04 Å². The van der Waals surface area contributed by atoms with E-state index in [9.17, 15) is 0 Å². The zero-order chi connectivity index (χ0) is 16.8. The van der Waals surface area contributed by atoms with Crippen molar-refractivity contribution in [3.8, 4) is 0 Å². The number of hydrogen-bond donors (Lipinski definition) is 2. The van der Waals surface area contributed by atoms with Crippen LogP contribution in [0.5, 0.6) is 0 Å². The van der Waals surface area contributed by atoms with Gasteiger partial charge in [-0.2, -0.15) is 5.10 Å². The molecule has 2 N–H and O–H groups in total. The second kappa shape index (κ2) is 10.2. The maximum Gasteiger partial charge on any atom is 0.191 e. The molecule has 2 rings (SSSR count). The molecule has 1 aliphatic rings. The number of rotatable bonds is 5. The van der Waals surface area contributed by atoms with E-state index in [4.69, 9.17) is 0 Å². The minimum absolute atomic E-state index is 0. The van der Waals surface area contributed by atoms with Gasteiger partial charge in [0.2, 0.25) is 0 Å². The average molecular weight is 448 g/mol. The third-order valence-electron chi connectivity index (χ3n) is 4.78. The zero-order valence-corrected chi connectivity index (χ0v) is 18.1. The highest BCUT2D eigenvalue weighted by Crippen LogP contribution is 2.12. The number of guanidine groups is 1. The molecule has 0 aromatic carbocycles. The molecule has 1 aliphatic heterocycles. The number of nitrogens with one attached hydrogen (secondary N) is 2. The number of halogens is 1. The lowest BCUT2D eigenvalue weighted by molar-refractivity contribution is 0.206. The Balaban J connectivity index is 0.00000288. The predicted molar refractivity (Wildman–Crippen MR) is 111 cm³/mol. The first kappa shape index (κ1) is 21.2. The number of aryl methyl sites for hydroxylation is 2. The van der Waals surface area contributed by atoms with Crippen LogP contribution in [0.4, 0.5) is 0 Å². The molecular weight excluding hydrogens is 415 g/mol. The fourth-order valence-corrected chi connectivity index (χ4v) is 3.25. The molecule has 0 amide bonds. The number of aliphatic imine (C=N–C) groups is 1.